The van der Waals surface area contributed by atoms with Crippen LogP contribution in [0.4, 0.5) is 10.7 Å². The van der Waals surface area contributed by atoms with Crippen LogP contribution in [0.1, 0.15) is 18.9 Å². The Bertz CT molecular complexity index is 930. The zero-order chi connectivity index (χ0) is 21.1. The number of carbonyl (C=O) groups excluding carboxylic acids is 3. The molecule has 0 bridgehead atoms. The van der Waals surface area contributed by atoms with E-state index in [1.165, 1.54) is 0 Å². The van der Waals surface area contributed by atoms with Gasteiger partial charge < -0.3 is 15.1 Å². The van der Waals surface area contributed by atoms with Gasteiger partial charge in [-0.1, -0.05) is 37.3 Å². The van der Waals surface area contributed by atoms with E-state index in [1.54, 1.807) is 23.4 Å². The molecule has 4 amide bonds. The molecule has 2 aromatic rings. The number of imide groups is 1. The maximum atomic E-state index is 13.2. The van der Waals surface area contributed by atoms with Crippen molar-refractivity contribution in [3.05, 3.63) is 54.4 Å². The van der Waals surface area contributed by atoms with Gasteiger partial charge in [0.25, 0.3) is 5.91 Å². The van der Waals surface area contributed by atoms with E-state index in [2.05, 4.69) is 15.3 Å². The first kappa shape index (κ1) is 19.8. The van der Waals surface area contributed by atoms with Crippen molar-refractivity contribution >= 4 is 23.8 Å². The molecule has 30 heavy (non-hydrogen) atoms. The minimum absolute atomic E-state index is 0.243. The van der Waals surface area contributed by atoms with Gasteiger partial charge >= 0.3 is 6.03 Å². The van der Waals surface area contributed by atoms with E-state index in [1.807, 2.05) is 42.2 Å². The van der Waals surface area contributed by atoms with Crippen molar-refractivity contribution in [1.29, 1.82) is 0 Å². The Hall–Kier alpha value is -3.49. The number of aromatic nitrogens is 2. The van der Waals surface area contributed by atoms with Crippen LogP contribution in [0.3, 0.4) is 0 Å². The third kappa shape index (κ3) is 3.47. The van der Waals surface area contributed by atoms with Crippen LogP contribution >= 0.6 is 0 Å². The molecule has 1 aromatic carbocycles. The summed E-state index contributed by atoms with van der Waals surface area (Å²) < 4.78 is 0. The zero-order valence-corrected chi connectivity index (χ0v) is 16.8. The minimum atomic E-state index is -1.12. The quantitative estimate of drug-likeness (QED) is 0.741. The molecule has 4 rings (SSSR count). The highest BCUT2D eigenvalue weighted by Crippen LogP contribution is 2.32. The molecule has 1 atom stereocenters. The Morgan fingerprint density at radius 2 is 1.70 bits per heavy atom. The number of carbonyl (C=O) groups is 3. The smallest absolute Gasteiger partial charge is 0.325 e. The average molecular weight is 408 g/mol. The SMILES string of the molecule is CC[C@]1(c2ccccc2)NC(=O)N(CC(=O)N2CCN(c3ncccn3)CC2)C1=O. The number of hydrogen-bond donors (Lipinski definition) is 1. The second kappa shape index (κ2) is 8.10. The molecule has 2 fully saturated rings. The summed E-state index contributed by atoms with van der Waals surface area (Å²) in [5.74, 6) is 0.00672. The maximum absolute atomic E-state index is 13.2. The molecule has 0 aliphatic carbocycles. The van der Waals surface area contributed by atoms with E-state index in [4.69, 9.17) is 0 Å². The Kier molecular flexibility index (Phi) is 5.35. The fraction of sp³-hybridized carbons (Fsp3) is 0.381. The van der Waals surface area contributed by atoms with E-state index in [-0.39, 0.29) is 18.4 Å². The molecule has 1 N–H and O–H groups in total. The van der Waals surface area contributed by atoms with Crippen molar-refractivity contribution in [3.8, 4) is 0 Å². The van der Waals surface area contributed by atoms with E-state index in [0.29, 0.717) is 38.5 Å². The van der Waals surface area contributed by atoms with E-state index in [0.717, 1.165) is 10.5 Å². The number of anilines is 1. The predicted molar refractivity (Wildman–Crippen MR) is 109 cm³/mol. The Balaban J connectivity index is 1.41. The monoisotopic (exact) mass is 408 g/mol. The molecular weight excluding hydrogens is 384 g/mol. The summed E-state index contributed by atoms with van der Waals surface area (Å²) in [6.07, 6.45) is 3.77. The highest BCUT2D eigenvalue weighted by Gasteiger charge is 2.51. The van der Waals surface area contributed by atoms with Gasteiger partial charge in [0.1, 0.15) is 12.1 Å². The lowest BCUT2D eigenvalue weighted by atomic mass is 9.87. The summed E-state index contributed by atoms with van der Waals surface area (Å²) in [6, 6.07) is 10.4. The van der Waals surface area contributed by atoms with Crippen LogP contribution in [-0.4, -0.2) is 70.3 Å². The van der Waals surface area contributed by atoms with Gasteiger partial charge in [0.15, 0.2) is 0 Å². The number of benzene rings is 1. The number of nitrogens with zero attached hydrogens (tertiary/aromatic N) is 5. The van der Waals surface area contributed by atoms with E-state index < -0.39 is 11.6 Å². The molecule has 2 aliphatic heterocycles. The van der Waals surface area contributed by atoms with Gasteiger partial charge in [-0.3, -0.25) is 14.5 Å². The number of nitrogens with one attached hydrogen (secondary N) is 1. The Labute approximate surface area is 174 Å². The van der Waals surface area contributed by atoms with E-state index >= 15 is 0 Å². The maximum Gasteiger partial charge on any atom is 0.325 e. The van der Waals surface area contributed by atoms with Crippen LogP contribution in [-0.2, 0) is 15.1 Å². The Morgan fingerprint density at radius 1 is 1.03 bits per heavy atom. The van der Waals surface area contributed by atoms with Gasteiger partial charge in [-0.15, -0.1) is 0 Å². The second-order valence-electron chi connectivity index (χ2n) is 7.36. The molecular formula is C21H24N6O3. The predicted octanol–water partition coefficient (Wildman–Crippen LogP) is 0.983. The standard InChI is InChI=1S/C21H24N6O3/c1-2-21(16-7-4-3-5-8-16)18(29)27(20(30)24-21)15-17(28)25-11-13-26(14-12-25)19-22-9-6-10-23-19/h3-10H,2,11-15H2,1H3,(H,24,30)/t21-/m1/s1. The molecule has 9 nitrogen and oxygen atoms in total. The van der Waals surface area contributed by atoms with Crippen LogP contribution < -0.4 is 10.2 Å². The highest BCUT2D eigenvalue weighted by atomic mass is 16.2. The van der Waals surface area contributed by atoms with Crippen molar-refractivity contribution in [2.75, 3.05) is 37.6 Å². The summed E-state index contributed by atoms with van der Waals surface area (Å²) in [5.41, 5.74) is -0.403. The van der Waals surface area contributed by atoms with Gasteiger partial charge in [0.05, 0.1) is 0 Å². The van der Waals surface area contributed by atoms with Gasteiger partial charge in [0, 0.05) is 38.6 Å². The largest absolute Gasteiger partial charge is 0.338 e. The van der Waals surface area contributed by atoms with Crippen molar-refractivity contribution in [1.82, 2.24) is 25.1 Å². The fourth-order valence-corrected chi connectivity index (χ4v) is 3.98. The first-order valence-corrected chi connectivity index (χ1v) is 10.0. The summed E-state index contributed by atoms with van der Waals surface area (Å²) in [7, 11) is 0. The van der Waals surface area contributed by atoms with Crippen molar-refractivity contribution in [2.24, 2.45) is 0 Å². The van der Waals surface area contributed by atoms with Crippen LogP contribution in [0.25, 0.3) is 0 Å². The second-order valence-corrected chi connectivity index (χ2v) is 7.36. The number of hydrogen-bond acceptors (Lipinski definition) is 6. The molecule has 1 aromatic heterocycles. The number of urea groups is 1. The molecule has 0 unspecified atom stereocenters. The Morgan fingerprint density at radius 3 is 2.33 bits per heavy atom. The molecule has 2 aliphatic rings. The van der Waals surface area contributed by atoms with Crippen molar-refractivity contribution < 1.29 is 14.4 Å². The molecule has 0 saturated carbocycles. The summed E-state index contributed by atoms with van der Waals surface area (Å²) in [5, 5.41) is 2.81. The third-order valence-corrected chi connectivity index (χ3v) is 5.73. The number of rotatable bonds is 5. The molecule has 0 radical (unpaired) electrons. The highest BCUT2D eigenvalue weighted by molar-refractivity contribution is 6.09. The lowest BCUT2D eigenvalue weighted by molar-refractivity contribution is -0.139. The summed E-state index contributed by atoms with van der Waals surface area (Å²) in [6.45, 7) is 3.75. The molecule has 3 heterocycles. The molecule has 9 heteroatoms. The van der Waals surface area contributed by atoms with Crippen LogP contribution in [0, 0.1) is 0 Å². The van der Waals surface area contributed by atoms with Crippen LogP contribution in [0.15, 0.2) is 48.8 Å². The van der Waals surface area contributed by atoms with Crippen molar-refractivity contribution in [2.45, 2.75) is 18.9 Å². The van der Waals surface area contributed by atoms with Gasteiger partial charge in [-0.25, -0.2) is 14.8 Å². The first-order chi connectivity index (χ1) is 14.5. The first-order valence-electron chi connectivity index (χ1n) is 10.0. The third-order valence-electron chi connectivity index (χ3n) is 5.73. The van der Waals surface area contributed by atoms with Crippen molar-refractivity contribution in [3.63, 3.8) is 0 Å². The molecule has 0 spiro atoms. The lowest BCUT2D eigenvalue weighted by Crippen LogP contribution is -2.52. The lowest BCUT2D eigenvalue weighted by Gasteiger charge is -2.35. The fourth-order valence-electron chi connectivity index (χ4n) is 3.98. The topological polar surface area (TPSA) is 98.7 Å². The van der Waals surface area contributed by atoms with Crippen LogP contribution in [0.2, 0.25) is 0 Å². The normalized spacial score (nSPS) is 21.7. The van der Waals surface area contributed by atoms with Gasteiger partial charge in [-0.05, 0) is 18.1 Å². The van der Waals surface area contributed by atoms with E-state index in [9.17, 15) is 14.4 Å². The molecule has 2 saturated heterocycles. The van der Waals surface area contributed by atoms with Gasteiger partial charge in [-0.2, -0.15) is 0 Å². The summed E-state index contributed by atoms with van der Waals surface area (Å²) in [4.78, 5) is 51.8. The minimum Gasteiger partial charge on any atom is -0.338 e. The molecule has 156 valence electrons. The summed E-state index contributed by atoms with van der Waals surface area (Å²) >= 11 is 0. The van der Waals surface area contributed by atoms with Gasteiger partial charge in [0.2, 0.25) is 11.9 Å². The van der Waals surface area contributed by atoms with Crippen LogP contribution in [0.5, 0.6) is 0 Å². The number of piperazine rings is 1. The number of amides is 4. The average Bonchev–Trinajstić information content (AvgIpc) is 3.05. The zero-order valence-electron chi connectivity index (χ0n) is 16.8.